The Hall–Kier alpha value is -3.52. The molecule has 0 saturated carbocycles. The number of benzene rings is 2. The number of carbonyl (C=O) groups excluding carboxylic acids is 2. The van der Waals surface area contributed by atoms with Crippen LogP contribution in [0.5, 0.6) is 0 Å². The van der Waals surface area contributed by atoms with Gasteiger partial charge in [0.1, 0.15) is 5.76 Å². The van der Waals surface area contributed by atoms with Crippen molar-refractivity contribution in [2.24, 2.45) is 0 Å². The molecule has 2 aliphatic rings. The Morgan fingerprint density at radius 1 is 1.03 bits per heavy atom. The molecule has 1 atom stereocenters. The van der Waals surface area contributed by atoms with Crippen molar-refractivity contribution >= 4 is 23.1 Å². The van der Waals surface area contributed by atoms with Gasteiger partial charge in [0.25, 0.3) is 17.4 Å². The summed E-state index contributed by atoms with van der Waals surface area (Å²) in [5, 5.41) is 22.3. The number of nitro groups is 1. The first-order valence-corrected chi connectivity index (χ1v) is 10.3. The van der Waals surface area contributed by atoms with E-state index in [1.54, 1.807) is 36.4 Å². The van der Waals surface area contributed by atoms with E-state index in [-0.39, 0.29) is 17.0 Å². The van der Waals surface area contributed by atoms with Gasteiger partial charge >= 0.3 is 0 Å². The van der Waals surface area contributed by atoms with Crippen molar-refractivity contribution in [1.82, 2.24) is 9.80 Å². The highest BCUT2D eigenvalue weighted by atomic mass is 16.6. The molecule has 0 bridgehead atoms. The SMILES string of the molecule is O=C1C(=O)N(CCN2CCCC2)C(c2cccc([N+](=O)[O-])c2)/C1=C(\O)c1ccccc1. The van der Waals surface area contributed by atoms with Crippen LogP contribution in [0.1, 0.15) is 30.0 Å². The van der Waals surface area contributed by atoms with Gasteiger partial charge in [-0.15, -0.1) is 0 Å². The minimum absolute atomic E-state index is 0.0434. The van der Waals surface area contributed by atoms with Crippen LogP contribution in [0.4, 0.5) is 5.69 Å². The van der Waals surface area contributed by atoms with Crippen molar-refractivity contribution in [1.29, 1.82) is 0 Å². The highest BCUT2D eigenvalue weighted by Crippen LogP contribution is 2.40. The number of amides is 1. The van der Waals surface area contributed by atoms with Crippen LogP contribution in [0.2, 0.25) is 0 Å². The average molecular weight is 421 g/mol. The quantitative estimate of drug-likeness (QED) is 0.253. The van der Waals surface area contributed by atoms with Gasteiger partial charge in [0.05, 0.1) is 16.5 Å². The molecule has 0 radical (unpaired) electrons. The fourth-order valence-corrected chi connectivity index (χ4v) is 4.27. The molecular weight excluding hydrogens is 398 g/mol. The molecular formula is C23H23N3O5. The molecule has 1 N–H and O–H groups in total. The maximum atomic E-state index is 13.0. The third kappa shape index (κ3) is 4.06. The van der Waals surface area contributed by atoms with E-state index in [4.69, 9.17) is 0 Å². The molecule has 1 amide bonds. The lowest BCUT2D eigenvalue weighted by Gasteiger charge is -2.27. The van der Waals surface area contributed by atoms with Crippen LogP contribution in [-0.2, 0) is 9.59 Å². The summed E-state index contributed by atoms with van der Waals surface area (Å²) in [4.78, 5) is 40.3. The molecule has 0 spiro atoms. The monoisotopic (exact) mass is 421 g/mol. The van der Waals surface area contributed by atoms with Gasteiger partial charge in [-0.3, -0.25) is 19.7 Å². The van der Waals surface area contributed by atoms with Crippen LogP contribution in [0.15, 0.2) is 60.2 Å². The number of rotatable bonds is 6. The third-order valence-electron chi connectivity index (χ3n) is 5.84. The first-order chi connectivity index (χ1) is 15.0. The molecule has 2 aliphatic heterocycles. The molecule has 2 aromatic rings. The van der Waals surface area contributed by atoms with Crippen LogP contribution in [0.3, 0.4) is 0 Å². The first kappa shape index (κ1) is 20.7. The van der Waals surface area contributed by atoms with Crippen LogP contribution in [-0.4, -0.2) is 57.7 Å². The van der Waals surface area contributed by atoms with Crippen LogP contribution in [0.25, 0.3) is 5.76 Å². The number of carbonyl (C=O) groups is 2. The minimum Gasteiger partial charge on any atom is -0.507 e. The number of nitro benzene ring substituents is 1. The van der Waals surface area contributed by atoms with Crippen molar-refractivity contribution in [3.63, 3.8) is 0 Å². The molecule has 2 aromatic carbocycles. The molecule has 160 valence electrons. The smallest absolute Gasteiger partial charge is 0.295 e. The summed E-state index contributed by atoms with van der Waals surface area (Å²) < 4.78 is 0. The van der Waals surface area contributed by atoms with Gasteiger partial charge in [-0.05, 0) is 31.5 Å². The standard InChI is InChI=1S/C23H23N3O5/c27-21(16-7-2-1-3-8-16)19-20(17-9-6-10-18(15-17)26(30)31)25(23(29)22(19)28)14-13-24-11-4-5-12-24/h1-3,6-10,15,20,27H,4-5,11-14H2/b21-19+. The van der Waals surface area contributed by atoms with Crippen LogP contribution < -0.4 is 0 Å². The zero-order chi connectivity index (χ0) is 22.0. The van der Waals surface area contributed by atoms with Crippen molar-refractivity contribution in [3.05, 3.63) is 81.4 Å². The summed E-state index contributed by atoms with van der Waals surface area (Å²) in [6.07, 6.45) is 2.20. The molecule has 8 nitrogen and oxygen atoms in total. The molecule has 8 heteroatoms. The Bertz CT molecular complexity index is 1040. The Kier molecular flexibility index (Phi) is 5.81. The number of likely N-dealkylation sites (tertiary alicyclic amines) is 2. The van der Waals surface area contributed by atoms with Crippen molar-refractivity contribution in [3.8, 4) is 0 Å². The Morgan fingerprint density at radius 2 is 1.74 bits per heavy atom. The predicted molar refractivity (Wildman–Crippen MR) is 114 cm³/mol. The van der Waals surface area contributed by atoms with Gasteiger partial charge in [-0.2, -0.15) is 0 Å². The van der Waals surface area contributed by atoms with E-state index in [0.29, 0.717) is 24.2 Å². The number of ketones is 1. The number of aliphatic hydroxyl groups is 1. The summed E-state index contributed by atoms with van der Waals surface area (Å²) in [5.41, 5.74) is 0.656. The van der Waals surface area contributed by atoms with E-state index < -0.39 is 22.7 Å². The lowest BCUT2D eigenvalue weighted by molar-refractivity contribution is -0.384. The summed E-state index contributed by atoms with van der Waals surface area (Å²) in [5.74, 6) is -1.76. The van der Waals surface area contributed by atoms with E-state index >= 15 is 0 Å². The number of hydrogen-bond donors (Lipinski definition) is 1. The van der Waals surface area contributed by atoms with Crippen LogP contribution in [0, 0.1) is 10.1 Å². The zero-order valence-corrected chi connectivity index (χ0v) is 16.9. The fraction of sp³-hybridized carbons (Fsp3) is 0.304. The lowest BCUT2D eigenvalue weighted by Crippen LogP contribution is -2.37. The van der Waals surface area contributed by atoms with Gasteiger partial charge in [-0.1, -0.05) is 42.5 Å². The van der Waals surface area contributed by atoms with Gasteiger partial charge in [0.15, 0.2) is 0 Å². The maximum Gasteiger partial charge on any atom is 0.295 e. The lowest BCUT2D eigenvalue weighted by atomic mass is 9.95. The largest absolute Gasteiger partial charge is 0.507 e. The van der Waals surface area contributed by atoms with E-state index in [2.05, 4.69) is 4.90 Å². The van der Waals surface area contributed by atoms with Gasteiger partial charge in [-0.25, -0.2) is 0 Å². The molecule has 0 aliphatic carbocycles. The Morgan fingerprint density at radius 3 is 2.42 bits per heavy atom. The molecule has 31 heavy (non-hydrogen) atoms. The highest BCUT2D eigenvalue weighted by molar-refractivity contribution is 6.46. The number of nitrogens with zero attached hydrogens (tertiary/aromatic N) is 3. The number of non-ortho nitro benzene ring substituents is 1. The predicted octanol–water partition coefficient (Wildman–Crippen LogP) is 3.11. The summed E-state index contributed by atoms with van der Waals surface area (Å²) >= 11 is 0. The zero-order valence-electron chi connectivity index (χ0n) is 16.9. The van der Waals surface area contributed by atoms with Crippen LogP contribution >= 0.6 is 0 Å². The van der Waals surface area contributed by atoms with Crippen molar-refractivity contribution in [2.45, 2.75) is 18.9 Å². The molecule has 4 rings (SSSR count). The Balaban J connectivity index is 1.79. The second-order valence-electron chi connectivity index (χ2n) is 7.76. The molecule has 2 heterocycles. The number of hydrogen-bond acceptors (Lipinski definition) is 6. The van der Waals surface area contributed by atoms with Gasteiger partial charge in [0, 0.05) is 30.8 Å². The summed E-state index contributed by atoms with van der Waals surface area (Å²) in [6.45, 7) is 2.78. The van der Waals surface area contributed by atoms with Gasteiger partial charge < -0.3 is 14.9 Å². The Labute approximate surface area is 179 Å². The first-order valence-electron chi connectivity index (χ1n) is 10.3. The molecule has 0 aromatic heterocycles. The highest BCUT2D eigenvalue weighted by Gasteiger charge is 2.46. The second kappa shape index (κ2) is 8.69. The van der Waals surface area contributed by atoms with E-state index in [9.17, 15) is 24.8 Å². The average Bonchev–Trinajstić information content (AvgIpc) is 3.39. The molecule has 1 unspecified atom stereocenters. The summed E-state index contributed by atoms with van der Waals surface area (Å²) in [6, 6.07) is 13.5. The van der Waals surface area contributed by atoms with E-state index in [0.717, 1.165) is 25.9 Å². The number of Topliss-reactive ketones (excluding diaryl/α,β-unsaturated/α-hetero) is 1. The normalized spacial score (nSPS) is 21.0. The topological polar surface area (TPSA) is 104 Å². The van der Waals surface area contributed by atoms with Crippen molar-refractivity contribution < 1.29 is 19.6 Å². The minimum atomic E-state index is -0.886. The van der Waals surface area contributed by atoms with Crippen molar-refractivity contribution in [2.75, 3.05) is 26.2 Å². The van der Waals surface area contributed by atoms with Gasteiger partial charge in [0.2, 0.25) is 0 Å². The van der Waals surface area contributed by atoms with E-state index in [1.807, 2.05) is 0 Å². The number of aliphatic hydroxyl groups excluding tert-OH is 1. The molecule has 2 fully saturated rings. The van der Waals surface area contributed by atoms with E-state index in [1.165, 1.54) is 23.1 Å². The maximum absolute atomic E-state index is 13.0. The summed E-state index contributed by atoms with van der Waals surface area (Å²) in [7, 11) is 0. The second-order valence-corrected chi connectivity index (χ2v) is 7.76. The fourth-order valence-electron chi connectivity index (χ4n) is 4.27. The third-order valence-corrected chi connectivity index (χ3v) is 5.84. The molecule has 2 saturated heterocycles.